The average molecular weight is 318 g/mol. The van der Waals surface area contributed by atoms with Crippen LogP contribution in [0.2, 0.25) is 0 Å². The molecule has 2 aromatic rings. The van der Waals surface area contributed by atoms with Crippen LogP contribution in [0.5, 0.6) is 0 Å². The number of nitrogens with one attached hydrogen (secondary N) is 1. The van der Waals surface area contributed by atoms with Crippen LogP contribution >= 0.6 is 24.8 Å². The molecule has 0 fully saturated rings. The van der Waals surface area contributed by atoms with Crippen molar-refractivity contribution in [2.75, 3.05) is 5.32 Å². The SMILES string of the molecule is CC[C@H](N)C(=O)Nc1ccc(-n2ccnc2)nc1.Cl.Cl. The third-order valence-electron chi connectivity index (χ3n) is 2.56. The van der Waals surface area contributed by atoms with Crippen LogP contribution in [0.1, 0.15) is 13.3 Å². The zero-order valence-corrected chi connectivity index (χ0v) is 12.5. The molecule has 3 N–H and O–H groups in total. The van der Waals surface area contributed by atoms with Crippen LogP contribution in [0.15, 0.2) is 37.1 Å². The lowest BCUT2D eigenvalue weighted by Crippen LogP contribution is -2.34. The number of nitrogens with two attached hydrogens (primary N) is 1. The maximum atomic E-state index is 11.6. The van der Waals surface area contributed by atoms with Gasteiger partial charge in [-0.2, -0.15) is 0 Å². The van der Waals surface area contributed by atoms with E-state index >= 15 is 0 Å². The van der Waals surface area contributed by atoms with Gasteiger partial charge in [-0.15, -0.1) is 24.8 Å². The van der Waals surface area contributed by atoms with Gasteiger partial charge in [0.05, 0.1) is 17.9 Å². The molecule has 1 amide bonds. The van der Waals surface area contributed by atoms with E-state index in [1.807, 2.05) is 6.92 Å². The summed E-state index contributed by atoms with van der Waals surface area (Å²) in [6.07, 6.45) is 7.33. The number of amides is 1. The van der Waals surface area contributed by atoms with Gasteiger partial charge in [0.15, 0.2) is 0 Å². The van der Waals surface area contributed by atoms with Crippen LogP contribution in [0.4, 0.5) is 5.69 Å². The molecule has 0 unspecified atom stereocenters. The number of pyridine rings is 1. The molecule has 2 rings (SSSR count). The van der Waals surface area contributed by atoms with Crippen molar-refractivity contribution in [3.8, 4) is 5.82 Å². The summed E-state index contributed by atoms with van der Waals surface area (Å²) in [6.45, 7) is 1.87. The summed E-state index contributed by atoms with van der Waals surface area (Å²) in [7, 11) is 0. The number of hydrogen-bond acceptors (Lipinski definition) is 4. The van der Waals surface area contributed by atoms with Gasteiger partial charge >= 0.3 is 0 Å². The number of hydrogen-bond donors (Lipinski definition) is 2. The summed E-state index contributed by atoms with van der Waals surface area (Å²) >= 11 is 0. The minimum Gasteiger partial charge on any atom is -0.323 e. The minimum atomic E-state index is -0.488. The Kier molecular flexibility index (Phi) is 7.83. The van der Waals surface area contributed by atoms with Crippen LogP contribution in [0.25, 0.3) is 5.82 Å². The van der Waals surface area contributed by atoms with E-state index in [1.165, 1.54) is 0 Å². The lowest BCUT2D eigenvalue weighted by atomic mass is 10.2. The molecule has 20 heavy (non-hydrogen) atoms. The Bertz CT molecular complexity index is 515. The molecular weight excluding hydrogens is 301 g/mol. The van der Waals surface area contributed by atoms with Gasteiger partial charge in [-0.05, 0) is 18.6 Å². The normalized spacial score (nSPS) is 10.9. The largest absolute Gasteiger partial charge is 0.323 e. The second-order valence-corrected chi connectivity index (χ2v) is 3.88. The molecule has 2 heterocycles. The Morgan fingerprint density at radius 1 is 1.45 bits per heavy atom. The Hall–Kier alpha value is -1.63. The fourth-order valence-electron chi connectivity index (χ4n) is 1.43. The predicted octanol–water partition coefficient (Wildman–Crippen LogP) is 1.79. The fraction of sp³-hybridized carbons (Fsp3) is 0.250. The van der Waals surface area contributed by atoms with Crippen LogP contribution in [0, 0.1) is 0 Å². The van der Waals surface area contributed by atoms with E-state index in [4.69, 9.17) is 5.73 Å². The summed E-state index contributed by atoms with van der Waals surface area (Å²) in [4.78, 5) is 19.7. The number of carbonyl (C=O) groups is 1. The Morgan fingerprint density at radius 2 is 2.20 bits per heavy atom. The maximum absolute atomic E-state index is 11.6. The number of aromatic nitrogens is 3. The lowest BCUT2D eigenvalue weighted by Gasteiger charge is -2.10. The molecule has 0 aliphatic carbocycles. The van der Waals surface area contributed by atoms with Crippen molar-refractivity contribution in [3.05, 3.63) is 37.1 Å². The van der Waals surface area contributed by atoms with Gasteiger partial charge in [0.2, 0.25) is 5.91 Å². The molecule has 0 saturated carbocycles. The molecule has 8 heteroatoms. The Labute approximate surface area is 129 Å². The second kappa shape index (κ2) is 8.52. The topological polar surface area (TPSA) is 85.8 Å². The molecule has 2 aromatic heterocycles. The molecule has 0 radical (unpaired) electrons. The highest BCUT2D eigenvalue weighted by molar-refractivity contribution is 5.94. The third-order valence-corrected chi connectivity index (χ3v) is 2.56. The molecule has 0 saturated heterocycles. The lowest BCUT2D eigenvalue weighted by molar-refractivity contribution is -0.117. The monoisotopic (exact) mass is 317 g/mol. The zero-order valence-electron chi connectivity index (χ0n) is 10.9. The van der Waals surface area contributed by atoms with E-state index in [1.54, 1.807) is 41.6 Å². The van der Waals surface area contributed by atoms with Gasteiger partial charge in [0.1, 0.15) is 12.1 Å². The summed E-state index contributed by atoms with van der Waals surface area (Å²) in [5, 5.41) is 2.71. The fourth-order valence-corrected chi connectivity index (χ4v) is 1.43. The second-order valence-electron chi connectivity index (χ2n) is 3.88. The first-order valence-corrected chi connectivity index (χ1v) is 5.71. The average Bonchev–Trinajstić information content (AvgIpc) is 2.92. The highest BCUT2D eigenvalue weighted by Gasteiger charge is 2.10. The highest BCUT2D eigenvalue weighted by atomic mass is 35.5. The van der Waals surface area contributed by atoms with Crippen molar-refractivity contribution in [2.24, 2.45) is 5.73 Å². The Balaban J connectivity index is 0.00000180. The summed E-state index contributed by atoms with van der Waals surface area (Å²) in [5.74, 6) is 0.542. The molecule has 1 atom stereocenters. The van der Waals surface area contributed by atoms with Crippen LogP contribution < -0.4 is 11.1 Å². The zero-order chi connectivity index (χ0) is 13.0. The molecule has 110 valence electrons. The van der Waals surface area contributed by atoms with E-state index in [9.17, 15) is 4.79 Å². The van der Waals surface area contributed by atoms with Crippen LogP contribution in [0.3, 0.4) is 0 Å². The summed E-state index contributed by atoms with van der Waals surface area (Å²) in [6, 6.07) is 3.09. The molecule has 6 nitrogen and oxygen atoms in total. The maximum Gasteiger partial charge on any atom is 0.241 e. The third kappa shape index (κ3) is 4.48. The van der Waals surface area contributed by atoms with Gasteiger partial charge in [-0.25, -0.2) is 9.97 Å². The van der Waals surface area contributed by atoms with Crippen molar-refractivity contribution in [2.45, 2.75) is 19.4 Å². The number of imidazole rings is 1. The minimum absolute atomic E-state index is 0. The smallest absolute Gasteiger partial charge is 0.241 e. The van der Waals surface area contributed by atoms with Crippen molar-refractivity contribution < 1.29 is 4.79 Å². The molecule has 0 spiro atoms. The highest BCUT2D eigenvalue weighted by Crippen LogP contribution is 2.09. The molecule has 0 aromatic carbocycles. The van der Waals surface area contributed by atoms with Crippen molar-refractivity contribution in [1.29, 1.82) is 0 Å². The number of halogens is 2. The van der Waals surface area contributed by atoms with Gasteiger partial charge < -0.3 is 11.1 Å². The predicted molar refractivity (Wildman–Crippen MR) is 82.8 cm³/mol. The molecular formula is C12H17Cl2N5O. The number of rotatable bonds is 4. The van der Waals surface area contributed by atoms with Crippen LogP contribution in [-0.2, 0) is 4.79 Å². The quantitative estimate of drug-likeness (QED) is 0.900. The van der Waals surface area contributed by atoms with Gasteiger partial charge in [-0.1, -0.05) is 6.92 Å². The standard InChI is InChI=1S/C12H15N5O.2ClH/c1-2-10(13)12(18)16-9-3-4-11(15-7-9)17-6-5-14-8-17;;/h3-8,10H,2,13H2,1H3,(H,16,18);2*1H/t10-;;/m0../s1. The summed E-state index contributed by atoms with van der Waals surface area (Å²) in [5.41, 5.74) is 6.26. The van der Waals surface area contributed by atoms with E-state index in [0.717, 1.165) is 5.82 Å². The first-order valence-electron chi connectivity index (χ1n) is 5.71. The van der Waals surface area contributed by atoms with Crippen LogP contribution in [-0.4, -0.2) is 26.5 Å². The first-order chi connectivity index (χ1) is 8.70. The van der Waals surface area contributed by atoms with Crippen molar-refractivity contribution in [1.82, 2.24) is 14.5 Å². The van der Waals surface area contributed by atoms with Crippen molar-refractivity contribution in [3.63, 3.8) is 0 Å². The van der Waals surface area contributed by atoms with E-state index in [2.05, 4.69) is 15.3 Å². The number of anilines is 1. The van der Waals surface area contributed by atoms with Crippen molar-refractivity contribution >= 4 is 36.4 Å². The summed E-state index contributed by atoms with van der Waals surface area (Å²) < 4.78 is 1.78. The first kappa shape index (κ1) is 18.4. The van der Waals surface area contributed by atoms with E-state index in [0.29, 0.717) is 12.1 Å². The van der Waals surface area contributed by atoms with Gasteiger partial charge in [0, 0.05) is 12.4 Å². The van der Waals surface area contributed by atoms with E-state index in [-0.39, 0.29) is 30.7 Å². The van der Waals surface area contributed by atoms with Gasteiger partial charge in [0.25, 0.3) is 0 Å². The van der Waals surface area contributed by atoms with Gasteiger partial charge in [-0.3, -0.25) is 9.36 Å². The number of carbonyl (C=O) groups excluding carboxylic acids is 1. The molecule has 0 aliphatic rings. The molecule has 0 aliphatic heterocycles. The molecule has 0 bridgehead atoms. The Morgan fingerprint density at radius 3 is 2.70 bits per heavy atom. The number of nitrogens with zero attached hydrogens (tertiary/aromatic N) is 3. The van der Waals surface area contributed by atoms with E-state index < -0.39 is 6.04 Å².